The van der Waals surface area contributed by atoms with Crippen molar-refractivity contribution < 1.29 is 14.6 Å². The molecule has 0 aliphatic heterocycles. The molecular formula is C8H12Cl3N3O4S. The van der Waals surface area contributed by atoms with E-state index in [4.69, 9.17) is 34.8 Å². The van der Waals surface area contributed by atoms with Crippen molar-refractivity contribution in [1.29, 1.82) is 0 Å². The molecular weight excluding hydrogens is 341 g/mol. The molecule has 0 atom stereocenters. The van der Waals surface area contributed by atoms with Crippen molar-refractivity contribution in [2.24, 2.45) is 5.16 Å². The normalized spacial score (nSPS) is 13.1. The van der Waals surface area contributed by atoms with Gasteiger partial charge in [0.15, 0.2) is 0 Å². The molecule has 0 spiro atoms. The lowest BCUT2D eigenvalue weighted by Crippen LogP contribution is -2.39. The summed E-state index contributed by atoms with van der Waals surface area (Å²) in [4.78, 5) is 26.2. The van der Waals surface area contributed by atoms with Crippen LogP contribution in [0.25, 0.3) is 0 Å². The molecule has 0 unspecified atom stereocenters. The number of alkyl halides is 3. The fourth-order valence-corrected chi connectivity index (χ4v) is 1.95. The lowest BCUT2D eigenvalue weighted by Gasteiger charge is -2.18. The molecule has 0 aromatic carbocycles. The monoisotopic (exact) mass is 351 g/mol. The predicted octanol–water partition coefficient (Wildman–Crippen LogP) is 3.46. The van der Waals surface area contributed by atoms with Crippen LogP contribution in [0, 0.1) is 10.1 Å². The first-order chi connectivity index (χ1) is 8.38. The number of oxime groups is 1. The Morgan fingerprint density at radius 1 is 1.42 bits per heavy atom. The molecule has 0 radical (unpaired) electrons. The Labute approximate surface area is 129 Å². The van der Waals surface area contributed by atoms with Crippen LogP contribution in [-0.2, 0) is 4.84 Å². The number of rotatable bonds is 4. The van der Waals surface area contributed by atoms with Gasteiger partial charge in [-0.1, -0.05) is 40.0 Å². The zero-order chi connectivity index (χ0) is 15.4. The number of carbonyl (C=O) groups excluding carboxylic acids is 1. The summed E-state index contributed by atoms with van der Waals surface area (Å²) in [6.45, 7) is 4.04. The van der Waals surface area contributed by atoms with Gasteiger partial charge in [-0.25, -0.2) is 9.10 Å². The third kappa shape index (κ3) is 6.51. The Morgan fingerprint density at radius 3 is 2.26 bits per heavy atom. The highest BCUT2D eigenvalue weighted by molar-refractivity contribution is 8.03. The zero-order valence-electron chi connectivity index (χ0n) is 10.5. The molecule has 0 aromatic heterocycles. The average molecular weight is 353 g/mol. The number of hydrogen-bond donors (Lipinski definition) is 0. The molecule has 0 heterocycles. The standard InChI is InChI=1S/C8H12Cl3N3O4S/c1-5(7(2,3)14(16)17)12-18-6(15)13(4)19-8(9,10)11/h1-4H3/b12-5+. The van der Waals surface area contributed by atoms with Gasteiger partial charge in [-0.3, -0.25) is 15.0 Å². The largest absolute Gasteiger partial charge is 0.445 e. The van der Waals surface area contributed by atoms with Gasteiger partial charge in [0.05, 0.1) is 0 Å². The number of carbonyl (C=O) groups is 1. The van der Waals surface area contributed by atoms with Crippen LogP contribution >= 0.6 is 46.8 Å². The first-order valence-electron chi connectivity index (χ1n) is 4.78. The van der Waals surface area contributed by atoms with Crippen LogP contribution in [0.3, 0.4) is 0 Å². The number of halogens is 3. The minimum absolute atomic E-state index is 0.0260. The maximum absolute atomic E-state index is 11.5. The van der Waals surface area contributed by atoms with E-state index in [9.17, 15) is 14.9 Å². The minimum Gasteiger partial charge on any atom is -0.297 e. The summed E-state index contributed by atoms with van der Waals surface area (Å²) in [5, 5.41) is 14.2. The molecule has 0 rings (SSSR count). The van der Waals surface area contributed by atoms with E-state index in [1.165, 1.54) is 27.8 Å². The molecule has 7 nitrogen and oxygen atoms in total. The molecule has 110 valence electrons. The molecule has 11 heteroatoms. The van der Waals surface area contributed by atoms with E-state index >= 15 is 0 Å². The Morgan fingerprint density at radius 2 is 1.89 bits per heavy atom. The third-order valence-electron chi connectivity index (χ3n) is 2.10. The van der Waals surface area contributed by atoms with Crippen molar-refractivity contribution in [2.75, 3.05) is 7.05 Å². The van der Waals surface area contributed by atoms with Gasteiger partial charge in [0, 0.05) is 37.8 Å². The first-order valence-corrected chi connectivity index (χ1v) is 6.68. The second-order valence-electron chi connectivity index (χ2n) is 3.88. The van der Waals surface area contributed by atoms with Gasteiger partial charge >= 0.3 is 6.09 Å². The summed E-state index contributed by atoms with van der Waals surface area (Å²) in [7, 11) is 1.30. The topological polar surface area (TPSA) is 85.0 Å². The Balaban J connectivity index is 4.64. The lowest BCUT2D eigenvalue weighted by molar-refractivity contribution is -0.538. The van der Waals surface area contributed by atoms with Crippen LogP contribution in [0.15, 0.2) is 5.16 Å². The van der Waals surface area contributed by atoms with Crippen molar-refractivity contribution >= 4 is 58.6 Å². The summed E-state index contributed by atoms with van der Waals surface area (Å²) in [6, 6.07) is 0. The van der Waals surface area contributed by atoms with Gasteiger partial charge in [0.25, 0.3) is 8.66 Å². The minimum atomic E-state index is -1.73. The molecule has 0 aromatic rings. The Hall–Kier alpha value is -0.440. The quantitative estimate of drug-likeness (QED) is 0.193. The van der Waals surface area contributed by atoms with Gasteiger partial charge in [0.2, 0.25) is 0 Å². The van der Waals surface area contributed by atoms with E-state index in [0.29, 0.717) is 11.9 Å². The van der Waals surface area contributed by atoms with Crippen molar-refractivity contribution in [2.45, 2.75) is 29.4 Å². The highest BCUT2D eigenvalue weighted by Crippen LogP contribution is 2.40. The van der Waals surface area contributed by atoms with E-state index < -0.39 is 19.7 Å². The lowest BCUT2D eigenvalue weighted by atomic mass is 10.0. The smallest absolute Gasteiger partial charge is 0.297 e. The number of amides is 1. The van der Waals surface area contributed by atoms with Crippen molar-refractivity contribution in [1.82, 2.24) is 4.31 Å². The molecule has 1 amide bonds. The maximum atomic E-state index is 11.5. The molecule has 0 fully saturated rings. The van der Waals surface area contributed by atoms with Crippen LogP contribution < -0.4 is 0 Å². The molecule has 0 bridgehead atoms. The highest BCUT2D eigenvalue weighted by Gasteiger charge is 2.35. The Kier molecular flexibility index (Phi) is 6.67. The molecule has 0 saturated heterocycles. The summed E-state index contributed by atoms with van der Waals surface area (Å²) in [6.07, 6.45) is -0.921. The average Bonchev–Trinajstić information content (AvgIpc) is 2.22. The first kappa shape index (κ1) is 18.6. The zero-order valence-corrected chi connectivity index (χ0v) is 13.6. The molecule has 0 aliphatic carbocycles. The van der Waals surface area contributed by atoms with E-state index in [0.717, 1.165) is 4.31 Å². The van der Waals surface area contributed by atoms with Crippen molar-refractivity contribution in [3.63, 3.8) is 0 Å². The van der Waals surface area contributed by atoms with Gasteiger partial charge in [-0.2, -0.15) is 0 Å². The van der Waals surface area contributed by atoms with E-state index in [2.05, 4.69) is 9.99 Å². The molecule has 0 saturated carbocycles. The van der Waals surface area contributed by atoms with Crippen LogP contribution in [0.4, 0.5) is 4.79 Å². The van der Waals surface area contributed by atoms with Gasteiger partial charge in [-0.05, 0) is 6.92 Å². The SMILES string of the molecule is C/C(=N\OC(=O)N(C)SC(Cl)(Cl)Cl)C(C)(C)[N+](=O)[O-]. The Bertz CT molecular complexity index is 397. The fraction of sp³-hybridized carbons (Fsp3) is 0.750. The van der Waals surface area contributed by atoms with Gasteiger partial charge < -0.3 is 0 Å². The molecule has 0 N–H and O–H groups in total. The van der Waals surface area contributed by atoms with E-state index in [1.807, 2.05) is 0 Å². The summed E-state index contributed by atoms with van der Waals surface area (Å²) < 4.78 is -0.824. The van der Waals surface area contributed by atoms with Crippen LogP contribution in [0.5, 0.6) is 0 Å². The summed E-state index contributed by atoms with van der Waals surface area (Å²) in [5.74, 6) is 0. The van der Waals surface area contributed by atoms with Crippen molar-refractivity contribution in [3.05, 3.63) is 10.1 Å². The summed E-state index contributed by atoms with van der Waals surface area (Å²) >= 11 is 17.0. The van der Waals surface area contributed by atoms with Crippen LogP contribution in [-0.4, -0.2) is 36.7 Å². The van der Waals surface area contributed by atoms with Crippen molar-refractivity contribution in [3.8, 4) is 0 Å². The third-order valence-corrected chi connectivity index (χ3v) is 3.35. The second-order valence-corrected chi connectivity index (χ2v) is 8.18. The van der Waals surface area contributed by atoms with E-state index in [-0.39, 0.29) is 5.71 Å². The van der Waals surface area contributed by atoms with Crippen LogP contribution in [0.2, 0.25) is 0 Å². The molecule has 19 heavy (non-hydrogen) atoms. The number of hydrogen-bond acceptors (Lipinski definition) is 6. The summed E-state index contributed by atoms with van der Waals surface area (Å²) in [5.41, 5.74) is -1.42. The second kappa shape index (κ2) is 6.83. The number of nitro groups is 1. The van der Waals surface area contributed by atoms with E-state index in [1.54, 1.807) is 0 Å². The fourth-order valence-electron chi connectivity index (χ4n) is 0.601. The highest BCUT2D eigenvalue weighted by atomic mass is 35.6. The molecule has 0 aliphatic rings. The van der Waals surface area contributed by atoms with Crippen LogP contribution in [0.1, 0.15) is 20.8 Å². The maximum Gasteiger partial charge on any atom is 0.445 e. The predicted molar refractivity (Wildman–Crippen MR) is 76.3 cm³/mol. The van der Waals surface area contributed by atoms with Gasteiger partial charge in [0.1, 0.15) is 5.71 Å². The number of nitrogens with zero attached hydrogens (tertiary/aromatic N) is 3. The van der Waals surface area contributed by atoms with Gasteiger partial charge in [-0.15, -0.1) is 0 Å².